The minimum atomic E-state index is 0.460. The molecule has 0 aliphatic heterocycles. The molecular weight excluding hydrogens is 262 g/mol. The molecule has 1 N–H and O–H groups in total. The Bertz CT molecular complexity index is 691. The standard InChI is InChI=1S/C18H19NO2/c1-12-7-8-18(17(9-12)13(2)19-20)21-11-15-10-14-5-3-4-6-16(14)15/h3-9,15,20H,10-11H2,1-2H3. The number of nitrogens with zero attached hydrogens (tertiary/aromatic N) is 1. The van der Waals surface area contributed by atoms with E-state index < -0.39 is 0 Å². The Labute approximate surface area is 124 Å². The van der Waals surface area contributed by atoms with Crippen LogP contribution in [0.15, 0.2) is 47.6 Å². The van der Waals surface area contributed by atoms with Crippen LogP contribution in [0.4, 0.5) is 0 Å². The fraction of sp³-hybridized carbons (Fsp3) is 0.278. The molecule has 108 valence electrons. The lowest BCUT2D eigenvalue weighted by atomic mass is 9.78. The van der Waals surface area contributed by atoms with Crippen molar-refractivity contribution in [3.8, 4) is 5.75 Å². The van der Waals surface area contributed by atoms with Gasteiger partial charge in [0.1, 0.15) is 5.75 Å². The third-order valence-corrected chi connectivity index (χ3v) is 4.08. The van der Waals surface area contributed by atoms with E-state index in [9.17, 15) is 0 Å². The quantitative estimate of drug-likeness (QED) is 0.524. The fourth-order valence-corrected chi connectivity index (χ4v) is 2.81. The van der Waals surface area contributed by atoms with Gasteiger partial charge in [-0.1, -0.05) is 41.1 Å². The lowest BCUT2D eigenvalue weighted by Gasteiger charge is -2.30. The van der Waals surface area contributed by atoms with Crippen LogP contribution in [0.2, 0.25) is 0 Å². The average Bonchev–Trinajstić information content (AvgIpc) is 2.48. The number of hydrogen-bond acceptors (Lipinski definition) is 3. The predicted octanol–water partition coefficient (Wildman–Crippen LogP) is 3.91. The topological polar surface area (TPSA) is 41.8 Å². The summed E-state index contributed by atoms with van der Waals surface area (Å²) in [5, 5.41) is 12.3. The molecule has 0 amide bonds. The van der Waals surface area contributed by atoms with Gasteiger partial charge in [0, 0.05) is 11.5 Å². The lowest BCUT2D eigenvalue weighted by molar-refractivity contribution is 0.274. The SMILES string of the molecule is CC(=NO)c1cc(C)ccc1OCC1Cc2ccccc21. The van der Waals surface area contributed by atoms with Gasteiger partial charge >= 0.3 is 0 Å². The Hall–Kier alpha value is -2.29. The van der Waals surface area contributed by atoms with Gasteiger partial charge in [0.2, 0.25) is 0 Å². The van der Waals surface area contributed by atoms with Crippen LogP contribution >= 0.6 is 0 Å². The highest BCUT2D eigenvalue weighted by atomic mass is 16.5. The molecule has 3 heteroatoms. The smallest absolute Gasteiger partial charge is 0.128 e. The van der Waals surface area contributed by atoms with E-state index in [1.165, 1.54) is 11.1 Å². The van der Waals surface area contributed by atoms with Crippen molar-refractivity contribution >= 4 is 5.71 Å². The van der Waals surface area contributed by atoms with Gasteiger partial charge < -0.3 is 9.94 Å². The van der Waals surface area contributed by atoms with Gasteiger partial charge in [0.05, 0.1) is 12.3 Å². The molecule has 1 unspecified atom stereocenters. The monoisotopic (exact) mass is 281 g/mol. The third-order valence-electron chi connectivity index (χ3n) is 4.08. The molecule has 21 heavy (non-hydrogen) atoms. The van der Waals surface area contributed by atoms with Gasteiger partial charge in [0.25, 0.3) is 0 Å². The molecule has 0 radical (unpaired) electrons. The first-order valence-corrected chi connectivity index (χ1v) is 7.19. The number of fused-ring (bicyclic) bond motifs is 1. The van der Waals surface area contributed by atoms with Gasteiger partial charge in [-0.05, 0) is 43.5 Å². The van der Waals surface area contributed by atoms with E-state index in [0.717, 1.165) is 23.3 Å². The van der Waals surface area contributed by atoms with Crippen LogP contribution in [0.5, 0.6) is 5.75 Å². The summed E-state index contributed by atoms with van der Waals surface area (Å²) in [6.07, 6.45) is 1.07. The van der Waals surface area contributed by atoms with Gasteiger partial charge in [-0.25, -0.2) is 0 Å². The molecule has 0 aromatic heterocycles. The molecule has 0 saturated heterocycles. The first-order chi connectivity index (χ1) is 10.2. The molecule has 1 aliphatic rings. The highest BCUT2D eigenvalue weighted by Gasteiger charge is 2.26. The molecule has 0 spiro atoms. The van der Waals surface area contributed by atoms with Crippen molar-refractivity contribution in [3.63, 3.8) is 0 Å². The highest BCUT2D eigenvalue weighted by molar-refractivity contribution is 6.00. The number of oxime groups is 1. The summed E-state index contributed by atoms with van der Waals surface area (Å²) >= 11 is 0. The van der Waals surface area contributed by atoms with Gasteiger partial charge in [-0.15, -0.1) is 0 Å². The van der Waals surface area contributed by atoms with E-state index in [1.807, 2.05) is 25.1 Å². The van der Waals surface area contributed by atoms with Crippen LogP contribution in [0.1, 0.15) is 35.1 Å². The molecular formula is C18H19NO2. The molecule has 2 aromatic carbocycles. The highest BCUT2D eigenvalue weighted by Crippen LogP contribution is 2.35. The maximum Gasteiger partial charge on any atom is 0.128 e. The minimum Gasteiger partial charge on any atom is -0.492 e. The van der Waals surface area contributed by atoms with Crippen molar-refractivity contribution in [3.05, 3.63) is 64.7 Å². The molecule has 0 heterocycles. The zero-order valence-corrected chi connectivity index (χ0v) is 12.3. The Morgan fingerprint density at radius 1 is 1.29 bits per heavy atom. The van der Waals surface area contributed by atoms with Gasteiger partial charge in [0.15, 0.2) is 0 Å². The van der Waals surface area contributed by atoms with Crippen molar-refractivity contribution < 1.29 is 9.94 Å². The van der Waals surface area contributed by atoms with Crippen molar-refractivity contribution in [1.29, 1.82) is 0 Å². The van der Waals surface area contributed by atoms with E-state index in [1.54, 1.807) is 6.92 Å². The summed E-state index contributed by atoms with van der Waals surface area (Å²) in [5.41, 5.74) is 5.35. The van der Waals surface area contributed by atoms with Crippen LogP contribution in [0.25, 0.3) is 0 Å². The summed E-state index contributed by atoms with van der Waals surface area (Å²) < 4.78 is 5.98. The number of rotatable bonds is 4. The Morgan fingerprint density at radius 2 is 2.10 bits per heavy atom. The molecule has 1 aliphatic carbocycles. The molecule has 3 rings (SSSR count). The third kappa shape index (κ3) is 2.64. The maximum atomic E-state index is 9.00. The zero-order valence-electron chi connectivity index (χ0n) is 12.3. The van der Waals surface area contributed by atoms with E-state index in [4.69, 9.17) is 9.94 Å². The number of benzene rings is 2. The zero-order chi connectivity index (χ0) is 14.8. The van der Waals surface area contributed by atoms with Crippen molar-refractivity contribution in [1.82, 2.24) is 0 Å². The first kappa shape index (κ1) is 13.7. The molecule has 1 atom stereocenters. The number of hydrogen-bond donors (Lipinski definition) is 1. The molecule has 3 nitrogen and oxygen atoms in total. The van der Waals surface area contributed by atoms with E-state index in [0.29, 0.717) is 18.2 Å². The van der Waals surface area contributed by atoms with E-state index >= 15 is 0 Å². The van der Waals surface area contributed by atoms with Crippen LogP contribution in [0.3, 0.4) is 0 Å². The van der Waals surface area contributed by atoms with Crippen LogP contribution < -0.4 is 4.74 Å². The lowest BCUT2D eigenvalue weighted by Crippen LogP contribution is -2.23. The molecule has 0 bridgehead atoms. The van der Waals surface area contributed by atoms with Crippen molar-refractivity contribution in [2.24, 2.45) is 5.16 Å². The Balaban J connectivity index is 1.75. The van der Waals surface area contributed by atoms with Crippen LogP contribution in [-0.4, -0.2) is 17.5 Å². The van der Waals surface area contributed by atoms with Crippen molar-refractivity contribution in [2.75, 3.05) is 6.61 Å². The minimum absolute atomic E-state index is 0.460. The summed E-state index contributed by atoms with van der Waals surface area (Å²) in [6.45, 7) is 4.45. The summed E-state index contributed by atoms with van der Waals surface area (Å²) in [7, 11) is 0. The van der Waals surface area contributed by atoms with Crippen molar-refractivity contribution in [2.45, 2.75) is 26.2 Å². The molecule has 2 aromatic rings. The van der Waals surface area contributed by atoms with Gasteiger partial charge in [-0.3, -0.25) is 0 Å². The van der Waals surface area contributed by atoms with Crippen LogP contribution in [-0.2, 0) is 6.42 Å². The Kier molecular flexibility index (Phi) is 3.65. The summed E-state index contributed by atoms with van der Waals surface area (Å²) in [5.74, 6) is 1.24. The average molecular weight is 281 g/mol. The van der Waals surface area contributed by atoms with E-state index in [-0.39, 0.29) is 0 Å². The first-order valence-electron chi connectivity index (χ1n) is 7.19. The normalized spacial score (nSPS) is 17.0. The fourth-order valence-electron chi connectivity index (χ4n) is 2.81. The Morgan fingerprint density at radius 3 is 2.86 bits per heavy atom. The van der Waals surface area contributed by atoms with Crippen LogP contribution in [0, 0.1) is 6.92 Å². The second kappa shape index (κ2) is 5.60. The van der Waals surface area contributed by atoms with Gasteiger partial charge in [-0.2, -0.15) is 0 Å². The van der Waals surface area contributed by atoms with E-state index in [2.05, 4.69) is 29.4 Å². The second-order valence-electron chi connectivity index (χ2n) is 5.60. The summed E-state index contributed by atoms with van der Waals surface area (Å²) in [4.78, 5) is 0. The molecule has 0 saturated carbocycles. The second-order valence-corrected chi connectivity index (χ2v) is 5.60. The largest absolute Gasteiger partial charge is 0.492 e. The number of aryl methyl sites for hydroxylation is 1. The maximum absolute atomic E-state index is 9.00. The number of ether oxygens (including phenoxy) is 1. The molecule has 0 fully saturated rings. The summed E-state index contributed by atoms with van der Waals surface area (Å²) in [6, 6.07) is 14.4. The predicted molar refractivity (Wildman–Crippen MR) is 83.6 cm³/mol.